The van der Waals surface area contributed by atoms with Gasteiger partial charge in [-0.3, -0.25) is 14.6 Å². The molecule has 1 aromatic heterocycles. The predicted octanol–water partition coefficient (Wildman–Crippen LogP) is 4.37. The van der Waals surface area contributed by atoms with Gasteiger partial charge in [0.25, 0.3) is 5.91 Å². The highest BCUT2D eigenvalue weighted by Crippen LogP contribution is 2.32. The molecule has 0 saturated heterocycles. The summed E-state index contributed by atoms with van der Waals surface area (Å²) >= 11 is 0. The zero-order chi connectivity index (χ0) is 23.8. The summed E-state index contributed by atoms with van der Waals surface area (Å²) in [5, 5.41) is 6.34. The third-order valence-corrected chi connectivity index (χ3v) is 5.09. The number of rotatable bonds is 5. The van der Waals surface area contributed by atoms with Crippen LogP contribution in [0.25, 0.3) is 11.3 Å². The van der Waals surface area contributed by atoms with Crippen molar-refractivity contribution in [2.75, 3.05) is 12.4 Å². The van der Waals surface area contributed by atoms with Gasteiger partial charge in [0.1, 0.15) is 22.9 Å². The smallest absolute Gasteiger partial charge is 0.261 e. The lowest BCUT2D eigenvalue weighted by molar-refractivity contribution is -0.128. The van der Waals surface area contributed by atoms with Crippen molar-refractivity contribution in [1.29, 1.82) is 0 Å². The Balaban J connectivity index is 1.61. The molecule has 0 unspecified atom stereocenters. The first-order valence-corrected chi connectivity index (χ1v) is 9.92. The quantitative estimate of drug-likeness (QED) is 0.622. The number of anilines is 1. The fraction of sp³-hybridized carbons (Fsp3) is 0.167. The maximum absolute atomic E-state index is 13.8. The Morgan fingerprint density at radius 2 is 1.82 bits per heavy atom. The van der Waals surface area contributed by atoms with Crippen molar-refractivity contribution in [3.05, 3.63) is 77.5 Å². The molecule has 4 rings (SSSR count). The van der Waals surface area contributed by atoms with Gasteiger partial charge in [0.15, 0.2) is 11.3 Å². The van der Waals surface area contributed by atoms with Crippen molar-refractivity contribution < 1.29 is 27.9 Å². The van der Waals surface area contributed by atoms with Crippen LogP contribution in [0.4, 0.5) is 14.5 Å². The third-order valence-electron chi connectivity index (χ3n) is 5.09. The highest BCUT2D eigenvalue weighted by atomic mass is 19.1. The van der Waals surface area contributed by atoms with E-state index in [2.05, 4.69) is 15.5 Å². The van der Waals surface area contributed by atoms with Crippen LogP contribution >= 0.6 is 0 Å². The molecule has 1 aliphatic heterocycles. The van der Waals surface area contributed by atoms with Crippen LogP contribution < -0.4 is 10.1 Å². The van der Waals surface area contributed by atoms with Gasteiger partial charge in [0, 0.05) is 11.1 Å². The van der Waals surface area contributed by atoms with E-state index in [1.165, 1.54) is 25.4 Å². The van der Waals surface area contributed by atoms with Gasteiger partial charge in [-0.25, -0.2) is 8.78 Å². The molecule has 0 atom stereocenters. The molecule has 0 bridgehead atoms. The number of nitrogens with one attached hydrogen (secondary N) is 1. The van der Waals surface area contributed by atoms with Crippen LogP contribution in [0.3, 0.4) is 0 Å². The van der Waals surface area contributed by atoms with E-state index in [-0.39, 0.29) is 17.2 Å². The normalized spacial score (nSPS) is 14.5. The molecule has 0 fully saturated rings. The highest BCUT2D eigenvalue weighted by molar-refractivity contribution is 6.49. The van der Waals surface area contributed by atoms with Crippen molar-refractivity contribution >= 4 is 23.1 Å². The van der Waals surface area contributed by atoms with Crippen molar-refractivity contribution in [2.24, 2.45) is 5.16 Å². The number of carbonyl (C=O) groups is 2. The number of methoxy groups -OCH3 is 1. The van der Waals surface area contributed by atoms with E-state index in [0.29, 0.717) is 22.6 Å². The number of aromatic nitrogens is 1. The first kappa shape index (κ1) is 22.1. The number of halogens is 2. The zero-order valence-electron chi connectivity index (χ0n) is 18.0. The molecule has 7 nitrogen and oxygen atoms in total. The van der Waals surface area contributed by atoms with Crippen LogP contribution in [0.15, 0.2) is 59.9 Å². The fourth-order valence-corrected chi connectivity index (χ4v) is 3.30. The fourth-order valence-electron chi connectivity index (χ4n) is 3.30. The van der Waals surface area contributed by atoms with E-state index in [0.717, 1.165) is 12.1 Å². The number of oxime groups is 1. The van der Waals surface area contributed by atoms with Crippen molar-refractivity contribution in [3.8, 4) is 17.0 Å². The molecule has 1 amide bonds. The largest absolute Gasteiger partial charge is 0.496 e. The maximum Gasteiger partial charge on any atom is 0.261 e. The molecular formula is C24H19F2N3O4. The van der Waals surface area contributed by atoms with E-state index in [4.69, 9.17) is 9.57 Å². The van der Waals surface area contributed by atoms with Gasteiger partial charge >= 0.3 is 0 Å². The minimum absolute atomic E-state index is 0.194. The Hall–Kier alpha value is -4.14. The van der Waals surface area contributed by atoms with E-state index >= 15 is 0 Å². The van der Waals surface area contributed by atoms with Gasteiger partial charge in [-0.1, -0.05) is 11.2 Å². The number of Topliss-reactive ketones (excluding diaryl/α,β-unsaturated/α-hetero) is 1. The van der Waals surface area contributed by atoms with Crippen molar-refractivity contribution in [3.63, 3.8) is 0 Å². The van der Waals surface area contributed by atoms with Crippen molar-refractivity contribution in [2.45, 2.75) is 19.4 Å². The summed E-state index contributed by atoms with van der Waals surface area (Å²) in [5.41, 5.74) is 0.319. The molecule has 1 aliphatic rings. The Labute approximate surface area is 188 Å². The van der Waals surface area contributed by atoms with Gasteiger partial charge in [-0.2, -0.15) is 0 Å². The van der Waals surface area contributed by atoms with Crippen LogP contribution in [0.2, 0.25) is 0 Å². The van der Waals surface area contributed by atoms with E-state index < -0.39 is 28.7 Å². The third kappa shape index (κ3) is 4.17. The first-order chi connectivity index (χ1) is 15.7. The van der Waals surface area contributed by atoms with Gasteiger partial charge < -0.3 is 14.9 Å². The summed E-state index contributed by atoms with van der Waals surface area (Å²) in [7, 11) is 1.50. The molecular weight excluding hydrogens is 432 g/mol. The van der Waals surface area contributed by atoms with Crippen LogP contribution in [-0.4, -0.2) is 35.1 Å². The van der Waals surface area contributed by atoms with Gasteiger partial charge in [-0.15, -0.1) is 0 Å². The summed E-state index contributed by atoms with van der Waals surface area (Å²) in [6, 6.07) is 11.4. The second-order valence-electron chi connectivity index (χ2n) is 7.77. The van der Waals surface area contributed by atoms with Gasteiger partial charge in [0.05, 0.1) is 24.7 Å². The number of hydrogen-bond acceptors (Lipinski definition) is 6. The molecule has 9 heteroatoms. The van der Waals surface area contributed by atoms with Crippen LogP contribution in [0.1, 0.15) is 29.8 Å². The molecule has 2 aromatic carbocycles. The topological polar surface area (TPSA) is 89.9 Å². The minimum atomic E-state index is -1.04. The number of amides is 1. The minimum Gasteiger partial charge on any atom is -0.496 e. The molecule has 3 aromatic rings. The summed E-state index contributed by atoms with van der Waals surface area (Å²) in [6.45, 7) is 3.27. The zero-order valence-corrected chi connectivity index (χ0v) is 18.0. The number of ether oxygens (including phenoxy) is 1. The SMILES string of the molecule is COc1ccc(C2=NOC(C)(C)C2=O)cc1-c1ccc(NC(=O)c2c(F)cccc2F)cn1. The summed E-state index contributed by atoms with van der Waals surface area (Å²) in [5.74, 6) is -2.60. The van der Waals surface area contributed by atoms with E-state index in [1.54, 1.807) is 38.1 Å². The van der Waals surface area contributed by atoms with Crippen LogP contribution in [-0.2, 0) is 9.63 Å². The summed E-state index contributed by atoms with van der Waals surface area (Å²) < 4.78 is 33.1. The number of carbonyl (C=O) groups excluding carboxylic acids is 2. The molecule has 0 radical (unpaired) electrons. The first-order valence-electron chi connectivity index (χ1n) is 9.92. The molecule has 0 saturated carbocycles. The second-order valence-corrected chi connectivity index (χ2v) is 7.77. The second kappa shape index (κ2) is 8.42. The average molecular weight is 451 g/mol. The lowest BCUT2D eigenvalue weighted by atomic mass is 9.94. The number of hydrogen-bond donors (Lipinski definition) is 1. The lowest BCUT2D eigenvalue weighted by Gasteiger charge is -2.13. The maximum atomic E-state index is 13.8. The number of nitrogens with zero attached hydrogens (tertiary/aromatic N) is 2. The summed E-state index contributed by atoms with van der Waals surface area (Å²) in [6.07, 6.45) is 1.35. The Morgan fingerprint density at radius 1 is 1.09 bits per heavy atom. The van der Waals surface area contributed by atoms with E-state index in [9.17, 15) is 18.4 Å². The molecule has 1 N–H and O–H groups in total. The van der Waals surface area contributed by atoms with Gasteiger partial charge in [-0.05, 0) is 56.3 Å². The van der Waals surface area contributed by atoms with Gasteiger partial charge in [0.2, 0.25) is 5.78 Å². The Bertz CT molecular complexity index is 1270. The number of benzene rings is 2. The molecule has 0 aliphatic carbocycles. The molecule has 168 valence electrons. The molecule has 2 heterocycles. The van der Waals surface area contributed by atoms with Crippen molar-refractivity contribution in [1.82, 2.24) is 4.98 Å². The Morgan fingerprint density at radius 3 is 2.39 bits per heavy atom. The number of ketones is 1. The van der Waals surface area contributed by atoms with E-state index in [1.807, 2.05) is 0 Å². The highest BCUT2D eigenvalue weighted by Gasteiger charge is 2.40. The number of pyridine rings is 1. The molecule has 33 heavy (non-hydrogen) atoms. The monoisotopic (exact) mass is 451 g/mol. The molecule has 0 spiro atoms. The lowest BCUT2D eigenvalue weighted by Crippen LogP contribution is -2.33. The van der Waals surface area contributed by atoms with Crippen LogP contribution in [0, 0.1) is 11.6 Å². The Kier molecular flexibility index (Phi) is 5.63. The predicted molar refractivity (Wildman–Crippen MR) is 117 cm³/mol. The average Bonchev–Trinajstić information content (AvgIpc) is 3.06. The van der Waals surface area contributed by atoms with Crippen LogP contribution in [0.5, 0.6) is 5.75 Å². The standard InChI is InChI=1S/C24H19F2N3O4/c1-24(2)22(30)21(29-33-24)13-7-10-19(32-3)15(11-13)18-9-8-14(12-27-18)28-23(31)20-16(25)5-4-6-17(20)26/h4-12H,1-3H3,(H,28,31). The summed E-state index contributed by atoms with van der Waals surface area (Å²) in [4.78, 5) is 34.4.